The van der Waals surface area contributed by atoms with Crippen LogP contribution in [0.4, 0.5) is 18.9 Å². The maximum absolute atomic E-state index is 13.3. The molecular weight excluding hydrogens is 409 g/mol. The van der Waals surface area contributed by atoms with Gasteiger partial charge >= 0.3 is 6.18 Å². The van der Waals surface area contributed by atoms with Crippen molar-refractivity contribution in [3.63, 3.8) is 0 Å². The normalized spacial score (nSPS) is 14.7. The van der Waals surface area contributed by atoms with E-state index < -0.39 is 28.4 Å². The molecule has 0 bridgehead atoms. The summed E-state index contributed by atoms with van der Waals surface area (Å²) in [5, 5.41) is 9.73. The highest BCUT2D eigenvalue weighted by molar-refractivity contribution is 7.90. The van der Waals surface area contributed by atoms with E-state index in [1.165, 1.54) is 18.2 Å². The molecule has 0 amide bonds. The maximum Gasteiger partial charge on any atom is 0.416 e. The molecule has 0 aliphatic carbocycles. The highest BCUT2D eigenvalue weighted by atomic mass is 32.2. The summed E-state index contributed by atoms with van der Waals surface area (Å²) in [5.41, 5.74) is -0.263. The number of alkyl halides is 3. The van der Waals surface area contributed by atoms with Crippen LogP contribution < -0.4 is 9.64 Å². The van der Waals surface area contributed by atoms with E-state index in [1.807, 2.05) is 4.90 Å². The lowest BCUT2D eigenvalue weighted by atomic mass is 10.1. The van der Waals surface area contributed by atoms with Gasteiger partial charge in [-0.05, 0) is 42.5 Å². The summed E-state index contributed by atoms with van der Waals surface area (Å²) >= 11 is 0. The van der Waals surface area contributed by atoms with Gasteiger partial charge in [-0.1, -0.05) is 0 Å². The van der Waals surface area contributed by atoms with Crippen molar-refractivity contribution in [1.82, 2.24) is 3.97 Å². The quantitative estimate of drug-likeness (QED) is 0.697. The van der Waals surface area contributed by atoms with E-state index in [0.717, 1.165) is 22.2 Å². The van der Waals surface area contributed by atoms with E-state index in [1.54, 1.807) is 13.1 Å². The van der Waals surface area contributed by atoms with Gasteiger partial charge in [0.2, 0.25) is 0 Å². The molecule has 3 aromatic rings. The monoisotopic (exact) mass is 426 g/mol. The number of aliphatic hydroxyl groups excluding tert-OH is 1. The van der Waals surface area contributed by atoms with Gasteiger partial charge < -0.3 is 14.7 Å². The number of fused-ring (bicyclic) bond motifs is 2. The second-order valence-electron chi connectivity index (χ2n) is 6.73. The van der Waals surface area contributed by atoms with Crippen molar-refractivity contribution < 1.29 is 31.4 Å². The number of aromatic nitrogens is 1. The van der Waals surface area contributed by atoms with Crippen LogP contribution >= 0.6 is 0 Å². The van der Waals surface area contributed by atoms with Crippen molar-refractivity contribution in [2.75, 3.05) is 25.1 Å². The molecule has 1 N–H and O–H groups in total. The molecule has 154 valence electrons. The summed E-state index contributed by atoms with van der Waals surface area (Å²) in [6, 6.07) is 8.42. The summed E-state index contributed by atoms with van der Waals surface area (Å²) in [4.78, 5) is 1.80. The van der Waals surface area contributed by atoms with Crippen LogP contribution in [0, 0.1) is 0 Å². The SMILES string of the molecule is CN1CCOc2ccc(S(=O)(=O)n3c(CO)cc4cc(C(F)(F)F)ccc43)cc21. The number of benzene rings is 2. The minimum Gasteiger partial charge on any atom is -0.490 e. The van der Waals surface area contributed by atoms with E-state index in [4.69, 9.17) is 4.74 Å². The zero-order valence-electron chi connectivity index (χ0n) is 15.3. The Balaban J connectivity index is 1.90. The third-order valence-corrected chi connectivity index (χ3v) is 6.64. The summed E-state index contributed by atoms with van der Waals surface area (Å²) in [7, 11) is -2.37. The van der Waals surface area contributed by atoms with Gasteiger partial charge in [0.25, 0.3) is 10.0 Å². The third-order valence-electron chi connectivity index (χ3n) is 4.88. The molecule has 0 atom stereocenters. The number of anilines is 1. The first-order valence-electron chi connectivity index (χ1n) is 8.69. The maximum atomic E-state index is 13.3. The molecule has 0 fully saturated rings. The fourth-order valence-corrected chi connectivity index (χ4v) is 4.97. The number of halogens is 3. The number of hydrogen-bond acceptors (Lipinski definition) is 5. The average molecular weight is 426 g/mol. The lowest BCUT2D eigenvalue weighted by Gasteiger charge is -2.28. The molecule has 2 aromatic carbocycles. The van der Waals surface area contributed by atoms with Crippen molar-refractivity contribution in [3.05, 3.63) is 53.7 Å². The molecule has 2 heterocycles. The second-order valence-corrected chi connectivity index (χ2v) is 8.52. The minimum absolute atomic E-state index is 0.0263. The van der Waals surface area contributed by atoms with Gasteiger partial charge in [0.1, 0.15) is 12.4 Å². The Morgan fingerprint density at radius 3 is 2.59 bits per heavy atom. The Hall–Kier alpha value is -2.72. The Morgan fingerprint density at radius 1 is 1.14 bits per heavy atom. The Kier molecular flexibility index (Phi) is 4.50. The van der Waals surface area contributed by atoms with Gasteiger partial charge in [0.05, 0.1) is 40.5 Å². The van der Waals surface area contributed by atoms with E-state index >= 15 is 0 Å². The zero-order chi connectivity index (χ0) is 21.0. The number of nitrogens with zero attached hydrogens (tertiary/aromatic N) is 2. The van der Waals surface area contributed by atoms with Crippen LogP contribution in [0.3, 0.4) is 0 Å². The summed E-state index contributed by atoms with van der Waals surface area (Å²) in [6.07, 6.45) is -4.56. The molecule has 0 saturated heterocycles. The van der Waals surface area contributed by atoms with Gasteiger partial charge in [-0.2, -0.15) is 13.2 Å². The molecular formula is C19H17F3N2O4S. The number of ether oxygens (including phenoxy) is 1. The van der Waals surface area contributed by atoms with E-state index in [9.17, 15) is 26.7 Å². The van der Waals surface area contributed by atoms with Crippen LogP contribution in [-0.4, -0.2) is 37.7 Å². The predicted molar refractivity (Wildman–Crippen MR) is 101 cm³/mol. The number of aliphatic hydroxyl groups is 1. The van der Waals surface area contributed by atoms with Crippen molar-refractivity contribution in [2.45, 2.75) is 17.7 Å². The number of hydrogen-bond donors (Lipinski definition) is 1. The summed E-state index contributed by atoms with van der Waals surface area (Å²) < 4.78 is 72.1. The van der Waals surface area contributed by atoms with Crippen LogP contribution in [0.2, 0.25) is 0 Å². The molecule has 0 unspecified atom stereocenters. The summed E-state index contributed by atoms with van der Waals surface area (Å²) in [6.45, 7) is 0.419. The van der Waals surface area contributed by atoms with Gasteiger partial charge in [0, 0.05) is 12.4 Å². The first-order valence-corrected chi connectivity index (χ1v) is 10.1. The topological polar surface area (TPSA) is 71.8 Å². The molecule has 10 heteroatoms. The van der Waals surface area contributed by atoms with Gasteiger partial charge in [-0.25, -0.2) is 12.4 Å². The number of likely N-dealkylation sites (N-methyl/N-ethyl adjacent to an activating group) is 1. The Bertz CT molecular complexity index is 1200. The van der Waals surface area contributed by atoms with Crippen LogP contribution in [0.25, 0.3) is 10.9 Å². The molecule has 29 heavy (non-hydrogen) atoms. The molecule has 0 spiro atoms. The van der Waals surface area contributed by atoms with Crippen LogP contribution in [-0.2, 0) is 22.8 Å². The van der Waals surface area contributed by atoms with E-state index in [2.05, 4.69) is 0 Å². The van der Waals surface area contributed by atoms with Crippen LogP contribution in [0.15, 0.2) is 47.4 Å². The van der Waals surface area contributed by atoms with Gasteiger partial charge in [0.15, 0.2) is 0 Å². The highest BCUT2D eigenvalue weighted by Crippen LogP contribution is 2.36. The van der Waals surface area contributed by atoms with Crippen LogP contribution in [0.5, 0.6) is 5.75 Å². The third kappa shape index (κ3) is 3.22. The van der Waals surface area contributed by atoms with Crippen molar-refractivity contribution in [3.8, 4) is 5.75 Å². The van der Waals surface area contributed by atoms with Crippen molar-refractivity contribution in [2.24, 2.45) is 0 Å². The zero-order valence-corrected chi connectivity index (χ0v) is 16.1. The van der Waals surface area contributed by atoms with E-state index in [-0.39, 0.29) is 21.5 Å². The minimum atomic E-state index is -4.56. The fourth-order valence-electron chi connectivity index (χ4n) is 3.41. The Labute approximate surface area is 164 Å². The standard InChI is InChI=1S/C19H17F3N2O4S/c1-23-6-7-28-18-5-3-15(10-17(18)23)29(26,27)24-14(11-25)9-12-8-13(19(20,21)22)2-4-16(12)24/h2-5,8-10,25H,6-7,11H2,1H3. The lowest BCUT2D eigenvalue weighted by Crippen LogP contribution is -2.29. The summed E-state index contributed by atoms with van der Waals surface area (Å²) in [5.74, 6) is 0.548. The van der Waals surface area contributed by atoms with Crippen molar-refractivity contribution in [1.29, 1.82) is 0 Å². The first-order chi connectivity index (χ1) is 13.6. The lowest BCUT2D eigenvalue weighted by molar-refractivity contribution is -0.137. The molecule has 1 aliphatic rings. The first kappa shape index (κ1) is 19.6. The molecule has 1 aliphatic heterocycles. The fraction of sp³-hybridized carbons (Fsp3) is 0.263. The van der Waals surface area contributed by atoms with Gasteiger partial charge in [-0.15, -0.1) is 0 Å². The molecule has 4 rings (SSSR count). The second kappa shape index (κ2) is 6.67. The highest BCUT2D eigenvalue weighted by Gasteiger charge is 2.32. The largest absolute Gasteiger partial charge is 0.490 e. The smallest absolute Gasteiger partial charge is 0.416 e. The van der Waals surface area contributed by atoms with Crippen LogP contribution in [0.1, 0.15) is 11.3 Å². The molecule has 1 aromatic heterocycles. The average Bonchev–Trinajstić information content (AvgIpc) is 3.06. The van der Waals surface area contributed by atoms with Gasteiger partial charge in [-0.3, -0.25) is 0 Å². The predicted octanol–water partition coefficient (Wildman–Crippen LogP) is 3.22. The molecule has 0 radical (unpaired) electrons. The van der Waals surface area contributed by atoms with E-state index in [0.29, 0.717) is 24.6 Å². The number of rotatable bonds is 3. The molecule has 6 nitrogen and oxygen atoms in total. The van der Waals surface area contributed by atoms with Crippen molar-refractivity contribution >= 4 is 26.6 Å². The molecule has 0 saturated carbocycles. The Morgan fingerprint density at radius 2 is 1.90 bits per heavy atom.